The van der Waals surface area contributed by atoms with E-state index in [1.165, 1.54) is 0 Å². The van der Waals surface area contributed by atoms with Gasteiger partial charge in [-0.25, -0.2) is 0 Å². The van der Waals surface area contributed by atoms with E-state index in [1.54, 1.807) is 11.8 Å². The normalized spacial score (nSPS) is 19.9. The van der Waals surface area contributed by atoms with Gasteiger partial charge in [-0.1, -0.05) is 6.07 Å². The summed E-state index contributed by atoms with van der Waals surface area (Å²) in [5.41, 5.74) is 1.01. The third-order valence-corrected chi connectivity index (χ3v) is 3.88. The summed E-state index contributed by atoms with van der Waals surface area (Å²) in [6, 6.07) is 5.64. The highest BCUT2D eigenvalue weighted by Gasteiger charge is 2.22. The molecule has 1 saturated heterocycles. The van der Waals surface area contributed by atoms with E-state index < -0.39 is 0 Å². The number of benzene rings is 1. The van der Waals surface area contributed by atoms with Crippen molar-refractivity contribution in [1.82, 2.24) is 10.6 Å². The zero-order chi connectivity index (χ0) is 12.4. The highest BCUT2D eigenvalue weighted by Crippen LogP contribution is 2.32. The van der Waals surface area contributed by atoms with Crippen molar-refractivity contribution in [3.63, 3.8) is 0 Å². The number of hydrogen-bond donors (Lipinski definition) is 2. The van der Waals surface area contributed by atoms with Gasteiger partial charge in [0, 0.05) is 18.2 Å². The van der Waals surface area contributed by atoms with E-state index in [0.29, 0.717) is 6.54 Å². The van der Waals surface area contributed by atoms with Crippen molar-refractivity contribution in [2.75, 3.05) is 18.4 Å². The Balaban J connectivity index is 0.00000133. The van der Waals surface area contributed by atoms with Crippen LogP contribution in [0.3, 0.4) is 0 Å². The second-order valence-electron chi connectivity index (χ2n) is 4.18. The number of carbonyl (C=O) groups is 1. The Morgan fingerprint density at radius 1 is 1.42 bits per heavy atom. The molecule has 2 N–H and O–H groups in total. The van der Waals surface area contributed by atoms with Gasteiger partial charge in [-0.05, 0) is 17.7 Å². The van der Waals surface area contributed by atoms with Gasteiger partial charge >= 0.3 is 0 Å². The summed E-state index contributed by atoms with van der Waals surface area (Å²) < 4.78 is 10.5. The Kier molecular flexibility index (Phi) is 4.79. The van der Waals surface area contributed by atoms with Crippen LogP contribution in [0.1, 0.15) is 5.56 Å². The molecular formula is C12H15ClN2O3S. The summed E-state index contributed by atoms with van der Waals surface area (Å²) >= 11 is 1.74. The van der Waals surface area contributed by atoms with E-state index in [4.69, 9.17) is 9.47 Å². The molecule has 0 spiro atoms. The zero-order valence-electron chi connectivity index (χ0n) is 10.2. The van der Waals surface area contributed by atoms with Crippen molar-refractivity contribution in [1.29, 1.82) is 0 Å². The standard InChI is InChI=1S/C12H14N2O3S.ClH/c15-12(9-5-18-6-14-9)13-4-8-1-2-10-11(3-8)17-7-16-10;/h1-3,9,14H,4-7H2,(H,13,15);1H. The quantitative estimate of drug-likeness (QED) is 0.876. The molecule has 0 saturated carbocycles. The summed E-state index contributed by atoms with van der Waals surface area (Å²) in [5.74, 6) is 3.25. The molecule has 2 heterocycles. The van der Waals surface area contributed by atoms with Gasteiger partial charge in [0.1, 0.15) is 0 Å². The number of hydrogen-bond acceptors (Lipinski definition) is 5. The molecule has 0 aromatic heterocycles. The summed E-state index contributed by atoms with van der Waals surface area (Å²) in [6.45, 7) is 0.784. The van der Waals surface area contributed by atoms with Crippen LogP contribution in [-0.4, -0.2) is 30.4 Å². The van der Waals surface area contributed by atoms with Crippen LogP contribution in [0.25, 0.3) is 0 Å². The molecule has 3 rings (SSSR count). The van der Waals surface area contributed by atoms with Crippen LogP contribution in [-0.2, 0) is 11.3 Å². The van der Waals surface area contributed by atoms with E-state index in [1.807, 2.05) is 18.2 Å². The number of amides is 1. The predicted molar refractivity (Wildman–Crippen MR) is 75.9 cm³/mol. The van der Waals surface area contributed by atoms with E-state index in [2.05, 4.69) is 10.6 Å². The van der Waals surface area contributed by atoms with Gasteiger partial charge in [0.05, 0.1) is 6.04 Å². The third-order valence-electron chi connectivity index (χ3n) is 2.94. The van der Waals surface area contributed by atoms with Gasteiger partial charge in [0.25, 0.3) is 0 Å². The summed E-state index contributed by atoms with van der Waals surface area (Å²) in [5, 5.41) is 6.06. The Labute approximate surface area is 121 Å². The maximum atomic E-state index is 11.8. The van der Waals surface area contributed by atoms with Crippen LogP contribution >= 0.6 is 24.2 Å². The van der Waals surface area contributed by atoms with Crippen molar-refractivity contribution in [3.8, 4) is 11.5 Å². The molecule has 0 aliphatic carbocycles. The molecule has 19 heavy (non-hydrogen) atoms. The molecule has 7 heteroatoms. The fourth-order valence-electron chi connectivity index (χ4n) is 1.93. The Morgan fingerprint density at radius 2 is 2.26 bits per heavy atom. The smallest absolute Gasteiger partial charge is 0.238 e. The number of nitrogens with one attached hydrogen (secondary N) is 2. The summed E-state index contributed by atoms with van der Waals surface area (Å²) in [6.07, 6.45) is 0. The molecular weight excluding hydrogens is 288 g/mol. The average molecular weight is 303 g/mol. The van der Waals surface area contributed by atoms with E-state index >= 15 is 0 Å². The molecule has 104 valence electrons. The lowest BCUT2D eigenvalue weighted by atomic mass is 10.2. The van der Waals surface area contributed by atoms with E-state index in [9.17, 15) is 4.79 Å². The number of rotatable bonds is 3. The van der Waals surface area contributed by atoms with Crippen molar-refractivity contribution < 1.29 is 14.3 Å². The Morgan fingerprint density at radius 3 is 3.05 bits per heavy atom. The molecule has 1 unspecified atom stereocenters. The minimum absolute atomic E-state index is 0. The van der Waals surface area contributed by atoms with Crippen LogP contribution < -0.4 is 20.1 Å². The van der Waals surface area contributed by atoms with Crippen LogP contribution in [0, 0.1) is 0 Å². The molecule has 1 aromatic rings. The zero-order valence-corrected chi connectivity index (χ0v) is 11.8. The van der Waals surface area contributed by atoms with Crippen molar-refractivity contribution >= 4 is 30.1 Å². The van der Waals surface area contributed by atoms with Gasteiger partial charge in [0.2, 0.25) is 12.7 Å². The predicted octanol–water partition coefficient (Wildman–Crippen LogP) is 1.12. The number of ether oxygens (including phenoxy) is 2. The monoisotopic (exact) mass is 302 g/mol. The largest absolute Gasteiger partial charge is 0.454 e. The second-order valence-corrected chi connectivity index (χ2v) is 5.21. The van der Waals surface area contributed by atoms with E-state index in [0.717, 1.165) is 28.7 Å². The molecule has 5 nitrogen and oxygen atoms in total. The minimum atomic E-state index is -0.0657. The average Bonchev–Trinajstić information content (AvgIpc) is 3.05. The van der Waals surface area contributed by atoms with Crippen LogP contribution in [0.15, 0.2) is 18.2 Å². The maximum absolute atomic E-state index is 11.8. The molecule has 2 aliphatic heterocycles. The molecule has 0 radical (unpaired) electrons. The van der Waals surface area contributed by atoms with Crippen molar-refractivity contribution in [2.45, 2.75) is 12.6 Å². The highest BCUT2D eigenvalue weighted by atomic mass is 35.5. The van der Waals surface area contributed by atoms with Gasteiger partial charge in [-0.15, -0.1) is 24.2 Å². The molecule has 1 aromatic carbocycles. The lowest BCUT2D eigenvalue weighted by Crippen LogP contribution is -2.41. The first-order valence-electron chi connectivity index (χ1n) is 5.80. The second kappa shape index (κ2) is 6.36. The fourth-order valence-corrected chi connectivity index (χ4v) is 2.87. The molecule has 1 amide bonds. The first-order chi connectivity index (χ1) is 8.83. The van der Waals surface area contributed by atoms with Gasteiger partial charge in [-0.3, -0.25) is 10.1 Å². The molecule has 2 aliphatic rings. The minimum Gasteiger partial charge on any atom is -0.454 e. The summed E-state index contributed by atoms with van der Waals surface area (Å²) in [4.78, 5) is 11.8. The maximum Gasteiger partial charge on any atom is 0.238 e. The topological polar surface area (TPSA) is 59.6 Å². The van der Waals surface area contributed by atoms with Crippen LogP contribution in [0.5, 0.6) is 11.5 Å². The van der Waals surface area contributed by atoms with Crippen LogP contribution in [0.2, 0.25) is 0 Å². The lowest BCUT2D eigenvalue weighted by Gasteiger charge is -2.10. The van der Waals surface area contributed by atoms with Gasteiger partial charge in [-0.2, -0.15) is 0 Å². The lowest BCUT2D eigenvalue weighted by molar-refractivity contribution is -0.122. The van der Waals surface area contributed by atoms with Gasteiger partial charge < -0.3 is 14.8 Å². The number of fused-ring (bicyclic) bond motifs is 1. The Bertz CT molecular complexity index is 466. The third kappa shape index (κ3) is 3.26. The SMILES string of the molecule is Cl.O=C(NCc1ccc2c(c1)OCO2)C1CSCN1. The van der Waals surface area contributed by atoms with Crippen molar-refractivity contribution in [2.24, 2.45) is 0 Å². The summed E-state index contributed by atoms with van der Waals surface area (Å²) in [7, 11) is 0. The molecule has 1 atom stereocenters. The number of halogens is 1. The first kappa shape index (κ1) is 14.3. The van der Waals surface area contributed by atoms with E-state index in [-0.39, 0.29) is 31.1 Å². The van der Waals surface area contributed by atoms with Crippen molar-refractivity contribution in [3.05, 3.63) is 23.8 Å². The Hall–Kier alpha value is -1.11. The van der Waals surface area contributed by atoms with Crippen LogP contribution in [0.4, 0.5) is 0 Å². The highest BCUT2D eigenvalue weighted by molar-refractivity contribution is 7.99. The first-order valence-corrected chi connectivity index (χ1v) is 6.96. The number of thioether (sulfide) groups is 1. The molecule has 1 fully saturated rings. The molecule has 0 bridgehead atoms. The number of carbonyl (C=O) groups excluding carboxylic acids is 1. The fraction of sp³-hybridized carbons (Fsp3) is 0.417. The van der Waals surface area contributed by atoms with Gasteiger partial charge in [0.15, 0.2) is 11.5 Å².